The highest BCUT2D eigenvalue weighted by Crippen LogP contribution is 2.43. The van der Waals surface area contributed by atoms with Crippen molar-refractivity contribution in [3.8, 4) is 11.8 Å². The minimum absolute atomic E-state index is 0.108. The lowest BCUT2D eigenvalue weighted by atomic mass is 9.82. The van der Waals surface area contributed by atoms with E-state index in [2.05, 4.69) is 18.0 Å². The summed E-state index contributed by atoms with van der Waals surface area (Å²) in [5.41, 5.74) is 2.32. The van der Waals surface area contributed by atoms with E-state index >= 15 is 0 Å². The van der Waals surface area contributed by atoms with Crippen LogP contribution in [0, 0.1) is 11.3 Å². The average molecular weight is 370 g/mol. The van der Waals surface area contributed by atoms with Crippen LogP contribution in [-0.2, 0) is 9.53 Å². The fourth-order valence-electron chi connectivity index (χ4n) is 2.87. The number of methoxy groups -OCH3 is 1. The lowest BCUT2D eigenvalue weighted by Gasteiger charge is -2.30. The van der Waals surface area contributed by atoms with E-state index in [0.717, 1.165) is 16.3 Å². The summed E-state index contributed by atoms with van der Waals surface area (Å²) in [7, 11) is 1.57. The lowest BCUT2D eigenvalue weighted by molar-refractivity contribution is -0.138. The third kappa shape index (κ3) is 3.94. The number of ether oxygens (including phenoxy) is 2. The molecule has 1 aliphatic heterocycles. The normalized spacial score (nSPS) is 16.6. The van der Waals surface area contributed by atoms with Crippen molar-refractivity contribution in [2.75, 3.05) is 19.5 Å². The summed E-state index contributed by atoms with van der Waals surface area (Å²) in [6.45, 7) is 7.51. The minimum atomic E-state index is -0.552. The number of esters is 1. The van der Waals surface area contributed by atoms with Crippen LogP contribution in [0.1, 0.15) is 25.3 Å². The maximum Gasteiger partial charge on any atom is 0.337 e. The Bertz CT molecular complexity index is 806. The van der Waals surface area contributed by atoms with Gasteiger partial charge in [0.15, 0.2) is 0 Å². The van der Waals surface area contributed by atoms with Gasteiger partial charge in [0.1, 0.15) is 12.4 Å². The van der Waals surface area contributed by atoms with Crippen LogP contribution in [0.2, 0.25) is 0 Å². The molecular formula is C20H22N2O3S. The Hall–Kier alpha value is -2.65. The third-order valence-electron chi connectivity index (χ3n) is 3.94. The van der Waals surface area contributed by atoms with Crippen LogP contribution in [0.5, 0.6) is 5.75 Å². The summed E-state index contributed by atoms with van der Waals surface area (Å²) >= 11 is 1.53. The first kappa shape index (κ1) is 19.7. The molecule has 1 unspecified atom stereocenters. The van der Waals surface area contributed by atoms with Crippen LogP contribution >= 0.6 is 11.8 Å². The van der Waals surface area contributed by atoms with Gasteiger partial charge in [-0.3, -0.25) is 0 Å². The fourth-order valence-corrected chi connectivity index (χ4v) is 3.70. The molecule has 2 rings (SSSR count). The molecule has 0 fully saturated rings. The van der Waals surface area contributed by atoms with Gasteiger partial charge < -0.3 is 14.8 Å². The number of benzene rings is 1. The van der Waals surface area contributed by atoms with E-state index in [1.165, 1.54) is 17.8 Å². The Balaban J connectivity index is 2.66. The van der Waals surface area contributed by atoms with Crippen LogP contribution < -0.4 is 10.1 Å². The molecule has 0 spiro atoms. The maximum atomic E-state index is 12.7. The molecule has 0 amide bonds. The molecular weight excluding hydrogens is 348 g/mol. The van der Waals surface area contributed by atoms with Gasteiger partial charge in [0.2, 0.25) is 0 Å². The number of nitriles is 1. The van der Waals surface area contributed by atoms with Gasteiger partial charge in [0, 0.05) is 11.3 Å². The van der Waals surface area contributed by atoms with Gasteiger partial charge >= 0.3 is 5.97 Å². The van der Waals surface area contributed by atoms with Crippen molar-refractivity contribution in [3.63, 3.8) is 0 Å². The van der Waals surface area contributed by atoms with Gasteiger partial charge in [-0.25, -0.2) is 4.79 Å². The van der Waals surface area contributed by atoms with E-state index in [-0.39, 0.29) is 6.61 Å². The van der Waals surface area contributed by atoms with Crippen molar-refractivity contribution in [2.45, 2.75) is 19.8 Å². The topological polar surface area (TPSA) is 71.3 Å². The molecule has 0 saturated carbocycles. The highest BCUT2D eigenvalue weighted by Gasteiger charge is 2.36. The predicted molar refractivity (Wildman–Crippen MR) is 103 cm³/mol. The number of thioether (sulfide) groups is 1. The summed E-state index contributed by atoms with van der Waals surface area (Å²) < 4.78 is 10.8. The number of dihydropyridines is 1. The quantitative estimate of drug-likeness (QED) is 0.580. The molecule has 0 aromatic heterocycles. The molecule has 1 N–H and O–H groups in total. The maximum absolute atomic E-state index is 12.7. The predicted octanol–water partition coefficient (Wildman–Crippen LogP) is 3.87. The molecule has 1 aromatic rings. The Morgan fingerprint density at radius 2 is 2.19 bits per heavy atom. The van der Waals surface area contributed by atoms with E-state index in [1.807, 2.05) is 38.1 Å². The number of hydrogen-bond donors (Lipinski definition) is 1. The Labute approximate surface area is 158 Å². The molecule has 1 aliphatic rings. The molecule has 1 aromatic carbocycles. The summed E-state index contributed by atoms with van der Waals surface area (Å²) in [4.78, 5) is 12.7. The van der Waals surface area contributed by atoms with Crippen LogP contribution in [0.4, 0.5) is 0 Å². The van der Waals surface area contributed by atoms with Crippen LogP contribution in [-0.4, -0.2) is 25.4 Å². The van der Waals surface area contributed by atoms with Crippen molar-refractivity contribution in [2.24, 2.45) is 0 Å². The lowest BCUT2D eigenvalue weighted by Crippen LogP contribution is -2.29. The van der Waals surface area contributed by atoms with Crippen molar-refractivity contribution in [1.29, 1.82) is 5.26 Å². The van der Waals surface area contributed by atoms with Gasteiger partial charge in [-0.2, -0.15) is 5.26 Å². The molecule has 0 aliphatic carbocycles. The van der Waals surface area contributed by atoms with E-state index in [4.69, 9.17) is 9.47 Å². The molecule has 0 saturated heterocycles. The van der Waals surface area contributed by atoms with Crippen molar-refractivity contribution in [1.82, 2.24) is 5.32 Å². The molecule has 6 heteroatoms. The zero-order valence-electron chi connectivity index (χ0n) is 15.2. The van der Waals surface area contributed by atoms with E-state index in [1.54, 1.807) is 7.11 Å². The zero-order valence-corrected chi connectivity index (χ0v) is 16.0. The Morgan fingerprint density at radius 3 is 2.81 bits per heavy atom. The summed E-state index contributed by atoms with van der Waals surface area (Å²) in [6, 6.07) is 9.69. The highest BCUT2D eigenvalue weighted by atomic mass is 32.2. The highest BCUT2D eigenvalue weighted by molar-refractivity contribution is 8.03. The van der Waals surface area contributed by atoms with Crippen molar-refractivity contribution < 1.29 is 14.3 Å². The average Bonchev–Trinajstić information content (AvgIpc) is 2.65. The number of nitrogens with zero attached hydrogens (tertiary/aromatic N) is 1. The fraction of sp³-hybridized carbons (Fsp3) is 0.300. The van der Waals surface area contributed by atoms with Gasteiger partial charge in [-0.15, -0.1) is 11.8 Å². The van der Waals surface area contributed by atoms with E-state index in [9.17, 15) is 10.1 Å². The molecule has 26 heavy (non-hydrogen) atoms. The largest absolute Gasteiger partial charge is 0.496 e. The number of para-hydroxylation sites is 1. The molecule has 1 atom stereocenters. The van der Waals surface area contributed by atoms with Gasteiger partial charge in [-0.1, -0.05) is 37.8 Å². The Morgan fingerprint density at radius 1 is 1.46 bits per heavy atom. The SMILES string of the molecule is C=CCOC(=O)C1=C(C)NC(SCC)=C(C#N)C1c1ccccc1OC. The summed E-state index contributed by atoms with van der Waals surface area (Å²) in [5, 5.41) is 13.8. The van der Waals surface area contributed by atoms with E-state index in [0.29, 0.717) is 22.6 Å². The first-order chi connectivity index (χ1) is 12.6. The summed E-state index contributed by atoms with van der Waals surface area (Å²) in [5.74, 6) is 0.396. The monoisotopic (exact) mass is 370 g/mol. The van der Waals surface area contributed by atoms with Crippen molar-refractivity contribution in [3.05, 3.63) is 64.4 Å². The number of carbonyl (C=O) groups excluding carboxylic acids is 1. The minimum Gasteiger partial charge on any atom is -0.496 e. The van der Waals surface area contributed by atoms with Crippen LogP contribution in [0.3, 0.4) is 0 Å². The number of nitrogens with one attached hydrogen (secondary N) is 1. The molecule has 0 radical (unpaired) electrons. The number of carbonyl (C=O) groups is 1. The van der Waals surface area contributed by atoms with Gasteiger partial charge in [-0.05, 0) is 18.7 Å². The second-order valence-corrected chi connectivity index (χ2v) is 6.79. The first-order valence-corrected chi connectivity index (χ1v) is 9.23. The third-order valence-corrected chi connectivity index (χ3v) is 4.84. The van der Waals surface area contributed by atoms with E-state index < -0.39 is 11.9 Å². The first-order valence-electron chi connectivity index (χ1n) is 8.24. The molecule has 5 nitrogen and oxygen atoms in total. The van der Waals surface area contributed by atoms with Crippen molar-refractivity contribution >= 4 is 17.7 Å². The second kappa shape index (κ2) is 9.16. The van der Waals surface area contributed by atoms with Crippen LogP contribution in [0.25, 0.3) is 0 Å². The van der Waals surface area contributed by atoms with Gasteiger partial charge in [0.25, 0.3) is 0 Å². The number of hydrogen-bond acceptors (Lipinski definition) is 6. The summed E-state index contributed by atoms with van der Waals surface area (Å²) in [6.07, 6.45) is 1.52. The molecule has 1 heterocycles. The molecule has 136 valence electrons. The number of allylic oxidation sites excluding steroid dienone is 2. The van der Waals surface area contributed by atoms with Crippen LogP contribution in [0.15, 0.2) is 58.8 Å². The Kier molecular flexibility index (Phi) is 6.93. The second-order valence-electron chi connectivity index (χ2n) is 5.51. The standard InChI is InChI=1S/C20H22N2O3S/c1-5-11-25-20(23)17-13(3)22-19(26-6-2)15(12-21)18(17)14-9-7-8-10-16(14)24-4/h5,7-10,18,22H,1,6,11H2,2-4H3. The van der Waals surface area contributed by atoms with Gasteiger partial charge in [0.05, 0.1) is 35.3 Å². The molecule has 0 bridgehead atoms. The number of rotatable bonds is 7. The smallest absolute Gasteiger partial charge is 0.337 e. The zero-order chi connectivity index (χ0) is 19.1.